The molecular weight excluding hydrogens is 325 g/mol. The molecule has 2 heterocycles. The van der Waals surface area contributed by atoms with Crippen LogP contribution in [0.4, 0.5) is 3.89 Å². The van der Waals surface area contributed by atoms with Crippen LogP contribution in [0.25, 0.3) is 0 Å². The van der Waals surface area contributed by atoms with Crippen LogP contribution in [-0.2, 0) is 21.4 Å². The molecule has 1 aromatic carbocycles. The van der Waals surface area contributed by atoms with Gasteiger partial charge in [-0.3, -0.25) is 4.79 Å². The van der Waals surface area contributed by atoms with Crippen molar-refractivity contribution in [1.82, 2.24) is 4.90 Å². The van der Waals surface area contributed by atoms with Gasteiger partial charge < -0.3 is 14.4 Å². The zero-order chi connectivity index (χ0) is 16.6. The van der Waals surface area contributed by atoms with Crippen LogP contribution in [0.15, 0.2) is 18.2 Å². The summed E-state index contributed by atoms with van der Waals surface area (Å²) in [7, 11) is -3.00. The van der Waals surface area contributed by atoms with Crippen molar-refractivity contribution in [2.75, 3.05) is 26.0 Å². The number of carbonyl (C=O) groups excluding carboxylic acids is 1. The molecule has 1 aromatic rings. The third-order valence-electron chi connectivity index (χ3n) is 4.27. The Bertz CT molecular complexity index is 721. The van der Waals surface area contributed by atoms with Gasteiger partial charge >= 0.3 is 10.2 Å². The average molecular weight is 343 g/mol. The molecule has 2 aliphatic rings. The Morgan fingerprint density at radius 1 is 1.39 bits per heavy atom. The lowest BCUT2D eigenvalue weighted by Gasteiger charge is -2.33. The number of hydrogen-bond acceptors (Lipinski definition) is 5. The summed E-state index contributed by atoms with van der Waals surface area (Å²) in [5, 5.41) is 0. The molecule has 6 nitrogen and oxygen atoms in total. The summed E-state index contributed by atoms with van der Waals surface area (Å²) in [4.78, 5) is 13.7. The fraction of sp³-hybridized carbons (Fsp3) is 0.533. The predicted octanol–water partition coefficient (Wildman–Crippen LogP) is 1.15. The van der Waals surface area contributed by atoms with Crippen LogP contribution >= 0.6 is 0 Å². The van der Waals surface area contributed by atoms with E-state index < -0.39 is 21.9 Å². The topological polar surface area (TPSA) is 72.9 Å². The van der Waals surface area contributed by atoms with E-state index in [-0.39, 0.29) is 24.9 Å². The van der Waals surface area contributed by atoms with Gasteiger partial charge in [0, 0.05) is 24.4 Å². The summed E-state index contributed by atoms with van der Waals surface area (Å²) in [6, 6.07) is 5.40. The van der Waals surface area contributed by atoms with E-state index in [4.69, 9.17) is 9.47 Å². The van der Waals surface area contributed by atoms with E-state index in [1.165, 1.54) is 0 Å². The number of halogens is 1. The van der Waals surface area contributed by atoms with E-state index in [9.17, 15) is 17.1 Å². The Kier molecular flexibility index (Phi) is 4.18. The van der Waals surface area contributed by atoms with E-state index in [0.717, 1.165) is 5.56 Å². The number of fused-ring (bicyclic) bond motifs is 1. The summed E-state index contributed by atoms with van der Waals surface area (Å²) in [6.07, 6.45) is 0.665. The Morgan fingerprint density at radius 3 is 2.87 bits per heavy atom. The fourth-order valence-corrected chi connectivity index (χ4v) is 4.08. The minimum atomic E-state index is -4.57. The molecule has 0 bridgehead atoms. The molecule has 0 spiro atoms. The highest BCUT2D eigenvalue weighted by atomic mass is 32.3. The summed E-state index contributed by atoms with van der Waals surface area (Å²) < 4.78 is 45.4. The molecular formula is C15H18FNO5S. The lowest BCUT2D eigenvalue weighted by molar-refractivity contribution is -0.130. The molecule has 23 heavy (non-hydrogen) atoms. The molecule has 126 valence electrons. The van der Waals surface area contributed by atoms with Crippen molar-refractivity contribution in [1.29, 1.82) is 0 Å². The largest absolute Gasteiger partial charge is 0.493 e. The second-order valence-electron chi connectivity index (χ2n) is 5.94. The molecule has 1 saturated heterocycles. The molecule has 8 heteroatoms. The van der Waals surface area contributed by atoms with Crippen LogP contribution in [-0.4, -0.2) is 51.3 Å². The van der Waals surface area contributed by atoms with Crippen molar-refractivity contribution in [3.8, 4) is 11.5 Å². The number of ether oxygens (including phenoxy) is 2. The van der Waals surface area contributed by atoms with E-state index in [1.807, 2.05) is 18.2 Å². The van der Waals surface area contributed by atoms with Gasteiger partial charge in [0.05, 0.1) is 18.9 Å². The Hall–Kier alpha value is -1.83. The summed E-state index contributed by atoms with van der Waals surface area (Å²) >= 11 is 0. The normalized spacial score (nSPS) is 24.3. The van der Waals surface area contributed by atoms with Gasteiger partial charge in [-0.1, -0.05) is 12.1 Å². The second-order valence-corrected chi connectivity index (χ2v) is 7.35. The first-order chi connectivity index (χ1) is 10.9. The molecule has 0 aliphatic carbocycles. The highest BCUT2D eigenvalue weighted by molar-refractivity contribution is 7.86. The van der Waals surface area contributed by atoms with Crippen molar-refractivity contribution >= 4 is 16.1 Å². The molecule has 1 amide bonds. The Labute approximate surface area is 134 Å². The van der Waals surface area contributed by atoms with Gasteiger partial charge in [-0.2, -0.15) is 8.42 Å². The average Bonchev–Trinajstić information content (AvgIpc) is 2.84. The zero-order valence-electron chi connectivity index (χ0n) is 12.7. The molecule has 2 aliphatic heterocycles. The standard InChI is InChI=1S/C15H18FNO5S/c1-21-13-4-2-3-11-6-12(8-22-15(11)13)17-7-10(5-14(17)18)9-23(16,19)20/h2-4,10,12H,5-9H2,1H3. The quantitative estimate of drug-likeness (QED) is 0.767. The number of para-hydroxylation sites is 1. The summed E-state index contributed by atoms with van der Waals surface area (Å²) in [5.74, 6) is 0.0754. The van der Waals surface area contributed by atoms with Gasteiger partial charge in [0.2, 0.25) is 5.91 Å². The van der Waals surface area contributed by atoms with Gasteiger partial charge in [0.15, 0.2) is 11.5 Å². The highest BCUT2D eigenvalue weighted by Crippen LogP contribution is 2.36. The molecule has 0 N–H and O–H groups in total. The van der Waals surface area contributed by atoms with E-state index in [0.29, 0.717) is 24.5 Å². The lowest BCUT2D eigenvalue weighted by Crippen LogP contribution is -2.44. The number of hydrogen-bond donors (Lipinski definition) is 0. The van der Waals surface area contributed by atoms with Gasteiger partial charge in [-0.15, -0.1) is 3.89 Å². The van der Waals surface area contributed by atoms with Gasteiger partial charge in [0.25, 0.3) is 0 Å². The number of nitrogens with zero attached hydrogens (tertiary/aromatic N) is 1. The number of benzene rings is 1. The molecule has 0 saturated carbocycles. The maximum Gasteiger partial charge on any atom is 0.302 e. The molecule has 1 fully saturated rings. The number of carbonyl (C=O) groups is 1. The molecule has 2 unspecified atom stereocenters. The number of rotatable bonds is 4. The van der Waals surface area contributed by atoms with Gasteiger partial charge in [0.1, 0.15) is 6.61 Å². The summed E-state index contributed by atoms with van der Waals surface area (Å²) in [5.41, 5.74) is 0.940. The van der Waals surface area contributed by atoms with Crippen LogP contribution in [0.3, 0.4) is 0 Å². The van der Waals surface area contributed by atoms with Crippen molar-refractivity contribution in [2.45, 2.75) is 18.9 Å². The van der Waals surface area contributed by atoms with E-state index in [2.05, 4.69) is 0 Å². The fourth-order valence-electron chi connectivity index (χ4n) is 3.29. The predicted molar refractivity (Wildman–Crippen MR) is 80.7 cm³/mol. The molecule has 0 radical (unpaired) electrons. The first-order valence-electron chi connectivity index (χ1n) is 7.38. The SMILES string of the molecule is COc1cccc2c1OCC(N1CC(CS(=O)(=O)F)CC1=O)C2. The van der Waals surface area contributed by atoms with Crippen molar-refractivity contribution in [3.63, 3.8) is 0 Å². The maximum absolute atomic E-state index is 12.8. The number of amides is 1. The second kappa shape index (κ2) is 5.99. The molecule has 3 rings (SSSR count). The van der Waals surface area contributed by atoms with Crippen molar-refractivity contribution in [2.24, 2.45) is 5.92 Å². The highest BCUT2D eigenvalue weighted by Gasteiger charge is 2.38. The Morgan fingerprint density at radius 2 is 2.17 bits per heavy atom. The molecule has 0 aromatic heterocycles. The minimum Gasteiger partial charge on any atom is -0.493 e. The van der Waals surface area contributed by atoms with Crippen LogP contribution in [0.5, 0.6) is 11.5 Å². The maximum atomic E-state index is 12.8. The first kappa shape index (κ1) is 16.0. The van der Waals surface area contributed by atoms with Gasteiger partial charge in [-0.05, 0) is 12.5 Å². The van der Waals surface area contributed by atoms with Crippen LogP contribution in [0, 0.1) is 5.92 Å². The molecule has 2 atom stereocenters. The monoisotopic (exact) mass is 343 g/mol. The van der Waals surface area contributed by atoms with E-state index >= 15 is 0 Å². The van der Waals surface area contributed by atoms with Crippen molar-refractivity contribution in [3.05, 3.63) is 23.8 Å². The third kappa shape index (κ3) is 3.41. The Balaban J connectivity index is 1.73. The smallest absolute Gasteiger partial charge is 0.302 e. The lowest BCUT2D eigenvalue weighted by atomic mass is 10.0. The van der Waals surface area contributed by atoms with Crippen LogP contribution in [0.2, 0.25) is 0 Å². The van der Waals surface area contributed by atoms with E-state index in [1.54, 1.807) is 12.0 Å². The minimum absolute atomic E-state index is 0.0601. The van der Waals surface area contributed by atoms with Crippen molar-refractivity contribution < 1.29 is 26.6 Å². The number of methoxy groups -OCH3 is 1. The van der Waals surface area contributed by atoms with Gasteiger partial charge in [-0.25, -0.2) is 0 Å². The first-order valence-corrected chi connectivity index (χ1v) is 8.93. The van der Waals surface area contributed by atoms with Crippen LogP contribution in [0.1, 0.15) is 12.0 Å². The van der Waals surface area contributed by atoms with Crippen LogP contribution < -0.4 is 9.47 Å². The third-order valence-corrected chi connectivity index (χ3v) is 5.14. The number of likely N-dealkylation sites (tertiary alicyclic amines) is 1. The summed E-state index contributed by atoms with van der Waals surface area (Å²) in [6.45, 7) is 0.559. The zero-order valence-corrected chi connectivity index (χ0v) is 13.5.